The van der Waals surface area contributed by atoms with Crippen LogP contribution in [0.15, 0.2) is 30.6 Å². The van der Waals surface area contributed by atoms with Crippen LogP contribution in [0, 0.1) is 0 Å². The zero-order valence-electron chi connectivity index (χ0n) is 10.3. The zero-order chi connectivity index (χ0) is 13.0. The van der Waals surface area contributed by atoms with Crippen molar-refractivity contribution in [1.29, 1.82) is 0 Å². The minimum Gasteiger partial charge on any atom is -0.348 e. The Morgan fingerprint density at radius 1 is 1.39 bits per heavy atom. The molecule has 5 heteroatoms. The second kappa shape index (κ2) is 5.55. The molecule has 1 atom stereocenters. The van der Waals surface area contributed by atoms with Gasteiger partial charge in [-0.05, 0) is 18.6 Å². The minimum atomic E-state index is -0.154. The van der Waals surface area contributed by atoms with Crippen LogP contribution in [0.5, 0.6) is 0 Å². The Kier molecular flexibility index (Phi) is 3.84. The van der Waals surface area contributed by atoms with Crippen molar-refractivity contribution in [2.75, 3.05) is 6.54 Å². The lowest BCUT2D eigenvalue weighted by Gasteiger charge is -2.14. The predicted octanol–water partition coefficient (Wildman–Crippen LogP) is 1.10. The van der Waals surface area contributed by atoms with Gasteiger partial charge in [0.05, 0.1) is 11.1 Å². The topological polar surface area (TPSA) is 80.9 Å². The van der Waals surface area contributed by atoms with Crippen molar-refractivity contribution in [1.82, 2.24) is 15.3 Å². The molecule has 18 heavy (non-hydrogen) atoms. The van der Waals surface area contributed by atoms with Gasteiger partial charge in [0, 0.05) is 25.0 Å². The summed E-state index contributed by atoms with van der Waals surface area (Å²) in [6, 6.07) is 5.37. The highest BCUT2D eigenvalue weighted by Gasteiger charge is 2.14. The van der Waals surface area contributed by atoms with Crippen LogP contribution < -0.4 is 11.1 Å². The number of hydrogen-bond acceptors (Lipinski definition) is 4. The average Bonchev–Trinajstić information content (AvgIpc) is 2.43. The highest BCUT2D eigenvalue weighted by molar-refractivity contribution is 6.04. The number of carbonyl (C=O) groups is 1. The predicted molar refractivity (Wildman–Crippen MR) is 70.1 cm³/mol. The van der Waals surface area contributed by atoms with Crippen LogP contribution in [0.1, 0.15) is 23.7 Å². The molecular formula is C13H16N4O. The van der Waals surface area contributed by atoms with E-state index in [1.807, 2.05) is 13.0 Å². The third kappa shape index (κ3) is 2.46. The van der Waals surface area contributed by atoms with Gasteiger partial charge in [-0.1, -0.05) is 13.0 Å². The van der Waals surface area contributed by atoms with E-state index in [2.05, 4.69) is 15.3 Å². The molecule has 3 N–H and O–H groups in total. The molecule has 1 unspecified atom stereocenters. The number of fused-ring (bicyclic) bond motifs is 1. The average molecular weight is 244 g/mol. The van der Waals surface area contributed by atoms with E-state index in [0.29, 0.717) is 23.1 Å². The molecule has 0 aliphatic rings. The van der Waals surface area contributed by atoms with Crippen molar-refractivity contribution in [3.63, 3.8) is 0 Å². The lowest BCUT2D eigenvalue weighted by molar-refractivity contribution is 0.0938. The standard InChI is InChI=1S/C13H16N4O/c1-2-9(8-14)17-13(18)10-4-3-5-11-12(10)16-7-6-15-11/h3-7,9H,2,8,14H2,1H3,(H,17,18). The summed E-state index contributed by atoms with van der Waals surface area (Å²) in [5.41, 5.74) is 7.44. The smallest absolute Gasteiger partial charge is 0.253 e. The number of carbonyl (C=O) groups excluding carboxylic acids is 1. The third-order valence-corrected chi connectivity index (χ3v) is 2.86. The number of hydrogen-bond donors (Lipinski definition) is 2. The second-order valence-electron chi connectivity index (χ2n) is 4.04. The molecule has 0 saturated heterocycles. The van der Waals surface area contributed by atoms with Gasteiger partial charge in [-0.25, -0.2) is 0 Å². The van der Waals surface area contributed by atoms with Gasteiger partial charge in [-0.15, -0.1) is 0 Å². The molecule has 0 bridgehead atoms. The molecular weight excluding hydrogens is 228 g/mol. The number of aromatic nitrogens is 2. The Morgan fingerprint density at radius 3 is 2.89 bits per heavy atom. The van der Waals surface area contributed by atoms with Gasteiger partial charge in [-0.2, -0.15) is 0 Å². The summed E-state index contributed by atoms with van der Waals surface area (Å²) >= 11 is 0. The van der Waals surface area contributed by atoms with Gasteiger partial charge >= 0.3 is 0 Å². The monoisotopic (exact) mass is 244 g/mol. The first kappa shape index (κ1) is 12.4. The Hall–Kier alpha value is -2.01. The first-order chi connectivity index (χ1) is 8.76. The summed E-state index contributed by atoms with van der Waals surface area (Å²) in [5, 5.41) is 2.89. The van der Waals surface area contributed by atoms with E-state index < -0.39 is 0 Å². The Balaban J connectivity index is 2.33. The highest BCUT2D eigenvalue weighted by Crippen LogP contribution is 2.13. The first-order valence-electron chi connectivity index (χ1n) is 5.97. The van der Waals surface area contributed by atoms with Crippen molar-refractivity contribution in [3.05, 3.63) is 36.2 Å². The maximum absolute atomic E-state index is 12.2. The van der Waals surface area contributed by atoms with Crippen molar-refractivity contribution in [2.45, 2.75) is 19.4 Å². The van der Waals surface area contributed by atoms with Gasteiger partial charge in [-0.3, -0.25) is 14.8 Å². The summed E-state index contributed by atoms with van der Waals surface area (Å²) in [4.78, 5) is 20.5. The lowest BCUT2D eigenvalue weighted by Crippen LogP contribution is -2.39. The van der Waals surface area contributed by atoms with Crippen molar-refractivity contribution in [2.24, 2.45) is 5.73 Å². The zero-order valence-corrected chi connectivity index (χ0v) is 10.3. The van der Waals surface area contributed by atoms with Gasteiger partial charge in [0.15, 0.2) is 0 Å². The number of para-hydroxylation sites is 1. The minimum absolute atomic E-state index is 0.00979. The van der Waals surface area contributed by atoms with Crippen LogP contribution in [0.4, 0.5) is 0 Å². The van der Waals surface area contributed by atoms with Crippen LogP contribution in [-0.4, -0.2) is 28.5 Å². The quantitative estimate of drug-likeness (QED) is 0.843. The summed E-state index contributed by atoms with van der Waals surface area (Å²) in [7, 11) is 0. The lowest BCUT2D eigenvalue weighted by atomic mass is 10.1. The molecule has 94 valence electrons. The van der Waals surface area contributed by atoms with Gasteiger partial charge in [0.25, 0.3) is 5.91 Å². The SMILES string of the molecule is CCC(CN)NC(=O)c1cccc2nccnc12. The van der Waals surface area contributed by atoms with Crippen molar-refractivity contribution >= 4 is 16.9 Å². The molecule has 0 saturated carbocycles. The van der Waals surface area contributed by atoms with Crippen LogP contribution in [-0.2, 0) is 0 Å². The summed E-state index contributed by atoms with van der Waals surface area (Å²) < 4.78 is 0. The number of nitrogens with one attached hydrogen (secondary N) is 1. The number of nitrogens with zero attached hydrogens (tertiary/aromatic N) is 2. The molecule has 0 fully saturated rings. The maximum atomic E-state index is 12.2. The van der Waals surface area contributed by atoms with Crippen LogP contribution in [0.25, 0.3) is 11.0 Å². The fourth-order valence-corrected chi connectivity index (χ4v) is 1.77. The molecule has 1 aromatic carbocycles. The molecule has 0 radical (unpaired) electrons. The van der Waals surface area contributed by atoms with Gasteiger partial charge in [0.2, 0.25) is 0 Å². The van der Waals surface area contributed by atoms with E-state index in [1.165, 1.54) is 0 Å². The molecule has 0 aliphatic carbocycles. The largest absolute Gasteiger partial charge is 0.348 e. The van der Waals surface area contributed by atoms with Crippen LogP contribution >= 0.6 is 0 Å². The summed E-state index contributed by atoms with van der Waals surface area (Å²) in [5.74, 6) is -0.154. The molecule has 1 heterocycles. The number of amides is 1. The fraction of sp³-hybridized carbons (Fsp3) is 0.308. The number of rotatable bonds is 4. The Bertz CT molecular complexity index is 546. The molecule has 5 nitrogen and oxygen atoms in total. The summed E-state index contributed by atoms with van der Waals surface area (Å²) in [6.45, 7) is 2.42. The number of nitrogens with two attached hydrogens (primary N) is 1. The Labute approximate surface area is 105 Å². The molecule has 2 rings (SSSR count). The van der Waals surface area contributed by atoms with Crippen molar-refractivity contribution < 1.29 is 4.79 Å². The molecule has 2 aromatic rings. The first-order valence-corrected chi connectivity index (χ1v) is 5.97. The molecule has 1 amide bonds. The van der Waals surface area contributed by atoms with E-state index in [-0.39, 0.29) is 11.9 Å². The van der Waals surface area contributed by atoms with Gasteiger partial charge in [0.1, 0.15) is 5.52 Å². The molecule has 1 aromatic heterocycles. The van der Waals surface area contributed by atoms with E-state index >= 15 is 0 Å². The van der Waals surface area contributed by atoms with Crippen LogP contribution in [0.2, 0.25) is 0 Å². The summed E-state index contributed by atoms with van der Waals surface area (Å²) in [6.07, 6.45) is 4.00. The number of benzene rings is 1. The molecule has 0 aliphatic heterocycles. The van der Waals surface area contributed by atoms with Gasteiger partial charge < -0.3 is 11.1 Å². The fourth-order valence-electron chi connectivity index (χ4n) is 1.77. The van der Waals surface area contributed by atoms with Crippen LogP contribution in [0.3, 0.4) is 0 Å². The normalized spacial score (nSPS) is 12.3. The van der Waals surface area contributed by atoms with E-state index in [4.69, 9.17) is 5.73 Å². The Morgan fingerprint density at radius 2 is 2.17 bits per heavy atom. The molecule has 0 spiro atoms. The highest BCUT2D eigenvalue weighted by atomic mass is 16.1. The van der Waals surface area contributed by atoms with E-state index in [9.17, 15) is 4.79 Å². The van der Waals surface area contributed by atoms with E-state index in [0.717, 1.165) is 6.42 Å². The van der Waals surface area contributed by atoms with E-state index in [1.54, 1.807) is 24.5 Å². The van der Waals surface area contributed by atoms with Crippen molar-refractivity contribution in [3.8, 4) is 0 Å². The maximum Gasteiger partial charge on any atom is 0.253 e. The second-order valence-corrected chi connectivity index (χ2v) is 4.04. The third-order valence-electron chi connectivity index (χ3n) is 2.86.